The number of halogens is 1. The topological polar surface area (TPSA) is 58.6 Å². The minimum absolute atomic E-state index is 0.00549. The van der Waals surface area contributed by atoms with E-state index < -0.39 is 11.7 Å². The zero-order valence-corrected chi connectivity index (χ0v) is 8.38. The summed E-state index contributed by atoms with van der Waals surface area (Å²) in [6.07, 6.45) is -0.00549. The molecule has 0 spiro atoms. The number of rotatable bonds is 5. The predicted octanol–water partition coefficient (Wildman–Crippen LogP) is 1.16. The quantitative estimate of drug-likeness (QED) is 0.677. The number of hydrogen-bond donors (Lipinski definition) is 2. The molecule has 0 aliphatic rings. The molecule has 0 aromatic rings. The Labute approximate surface area is 74.8 Å². The van der Waals surface area contributed by atoms with Crippen molar-refractivity contribution in [2.24, 2.45) is 0 Å². The van der Waals surface area contributed by atoms with Crippen LogP contribution in [-0.4, -0.2) is 24.7 Å². The maximum atomic E-state index is 10.0. The van der Waals surface area contributed by atoms with Gasteiger partial charge in [-0.25, -0.2) is 0 Å². The highest BCUT2D eigenvalue weighted by molar-refractivity contribution is 8.23. The lowest BCUT2D eigenvalue weighted by molar-refractivity contribution is -0.136. The van der Waals surface area contributed by atoms with Gasteiger partial charge in [0, 0.05) is 13.7 Å². The van der Waals surface area contributed by atoms with Crippen LogP contribution in [0, 0.1) is 0 Å². The molecule has 0 rings (SSSR count). The van der Waals surface area contributed by atoms with Crippen molar-refractivity contribution in [3.8, 4) is 0 Å². The summed E-state index contributed by atoms with van der Waals surface area (Å²) in [5.41, 5.74) is 0. The van der Waals surface area contributed by atoms with Crippen molar-refractivity contribution in [2.75, 3.05) is 13.7 Å². The molecule has 0 saturated heterocycles. The third kappa shape index (κ3) is 6.72. The van der Waals surface area contributed by atoms with Crippen molar-refractivity contribution in [3.63, 3.8) is 0 Å². The van der Waals surface area contributed by atoms with Crippen LogP contribution < -0.4 is 5.09 Å². The van der Waals surface area contributed by atoms with Gasteiger partial charge < -0.3 is 9.63 Å². The van der Waals surface area contributed by atoms with Gasteiger partial charge in [-0.15, -0.1) is 0 Å². The third-order valence-corrected chi connectivity index (χ3v) is 3.55. The van der Waals surface area contributed by atoms with Crippen LogP contribution in [0.1, 0.15) is 6.42 Å². The van der Waals surface area contributed by atoms with Crippen LogP contribution in [0.15, 0.2) is 0 Å². The highest BCUT2D eigenvalue weighted by atomic mass is 35.7. The summed E-state index contributed by atoms with van der Waals surface area (Å²) in [6, 6.07) is 0. The van der Waals surface area contributed by atoms with Crippen LogP contribution in [0.3, 0.4) is 0 Å². The number of carboxylic acids is 1. The van der Waals surface area contributed by atoms with Gasteiger partial charge in [0.15, 0.2) is 0 Å². The molecule has 0 aliphatic carbocycles. The summed E-state index contributed by atoms with van der Waals surface area (Å²) in [6.45, 7) is 0.240. The van der Waals surface area contributed by atoms with Gasteiger partial charge in [-0.2, -0.15) is 0 Å². The molecule has 2 N–H and O–H groups in total. The zero-order valence-electron chi connectivity index (χ0n) is 5.91. The number of carboxylic acid groups (broad SMARTS) is 1. The van der Waals surface area contributed by atoms with Gasteiger partial charge in [0.2, 0.25) is 5.77 Å². The minimum atomic E-state index is -2.44. The average Bonchev–Trinajstić information content (AvgIpc) is 1.87. The van der Waals surface area contributed by atoms with E-state index in [1.165, 1.54) is 7.11 Å². The molecule has 0 aromatic heterocycles. The van der Waals surface area contributed by atoms with Gasteiger partial charge in [0.1, 0.15) is 0 Å². The Bertz CT molecular complexity index is 188. The van der Waals surface area contributed by atoms with E-state index in [2.05, 4.69) is 5.09 Å². The summed E-state index contributed by atoms with van der Waals surface area (Å²) < 4.78 is 4.71. The van der Waals surface area contributed by atoms with Crippen molar-refractivity contribution in [1.82, 2.24) is 5.09 Å². The zero-order chi connectivity index (χ0) is 8.91. The molecule has 0 bridgehead atoms. The van der Waals surface area contributed by atoms with Crippen molar-refractivity contribution in [3.05, 3.63) is 0 Å². The minimum Gasteiger partial charge on any atom is -0.481 e. The molecule has 0 amide bonds. The molecule has 1 atom stereocenters. The molecule has 7 heteroatoms. The van der Waals surface area contributed by atoms with Gasteiger partial charge in [-0.3, -0.25) is 9.88 Å². The molecule has 0 aromatic carbocycles. The van der Waals surface area contributed by atoms with E-state index in [0.29, 0.717) is 0 Å². The summed E-state index contributed by atoms with van der Waals surface area (Å²) >= 11 is 10.4. The van der Waals surface area contributed by atoms with Crippen molar-refractivity contribution >= 4 is 34.8 Å². The van der Waals surface area contributed by atoms with Gasteiger partial charge in [0.05, 0.1) is 6.42 Å². The first kappa shape index (κ1) is 11.3. The largest absolute Gasteiger partial charge is 0.481 e. The molecule has 0 fully saturated rings. The summed E-state index contributed by atoms with van der Waals surface area (Å²) in [5, 5.41) is 10.9. The second-order valence-electron chi connectivity index (χ2n) is 1.71. The number of aliphatic carboxylic acids is 1. The summed E-state index contributed by atoms with van der Waals surface area (Å²) in [7, 11) is 1.39. The van der Waals surface area contributed by atoms with E-state index in [-0.39, 0.29) is 13.0 Å². The van der Waals surface area contributed by atoms with Crippen LogP contribution in [-0.2, 0) is 21.1 Å². The lowest BCUT2D eigenvalue weighted by Crippen LogP contribution is -2.13. The molecule has 0 saturated carbocycles. The van der Waals surface area contributed by atoms with Crippen LogP contribution in [0.2, 0.25) is 0 Å². The van der Waals surface area contributed by atoms with Crippen LogP contribution in [0.25, 0.3) is 0 Å². The highest BCUT2D eigenvalue weighted by Crippen LogP contribution is 2.46. The Morgan fingerprint density at radius 3 is 2.82 bits per heavy atom. The van der Waals surface area contributed by atoms with E-state index in [0.717, 1.165) is 0 Å². The fraction of sp³-hybridized carbons (Fsp3) is 0.750. The Morgan fingerprint density at radius 2 is 2.45 bits per heavy atom. The smallest absolute Gasteiger partial charge is 0.304 e. The summed E-state index contributed by atoms with van der Waals surface area (Å²) in [4.78, 5) is 10.0. The standard InChI is InChI=1S/C4H9ClNO3PS/c1-9-10(5,11)6-3-2-4(7)8/h2-3H2,1H3,(H,6,11)(H,7,8). The predicted molar refractivity (Wildman–Crippen MR) is 47.4 cm³/mol. The van der Waals surface area contributed by atoms with Crippen molar-refractivity contribution in [1.29, 1.82) is 0 Å². The van der Waals surface area contributed by atoms with Gasteiger partial charge in [0.25, 0.3) is 0 Å². The van der Waals surface area contributed by atoms with E-state index in [1.54, 1.807) is 0 Å². The fourth-order valence-corrected chi connectivity index (χ4v) is 1.40. The van der Waals surface area contributed by atoms with E-state index in [1.807, 2.05) is 0 Å². The maximum Gasteiger partial charge on any atom is 0.304 e. The van der Waals surface area contributed by atoms with Gasteiger partial charge in [-0.1, -0.05) is 0 Å². The molecule has 0 aliphatic heterocycles. The monoisotopic (exact) mass is 217 g/mol. The van der Waals surface area contributed by atoms with Gasteiger partial charge >= 0.3 is 5.97 Å². The Morgan fingerprint density at radius 1 is 1.91 bits per heavy atom. The fourth-order valence-electron chi connectivity index (χ4n) is 0.361. The molecule has 1 unspecified atom stereocenters. The second kappa shape index (κ2) is 5.06. The van der Waals surface area contributed by atoms with Crippen molar-refractivity contribution in [2.45, 2.75) is 6.42 Å². The first-order chi connectivity index (χ1) is 4.98. The second-order valence-corrected chi connectivity index (χ2v) is 6.93. The summed E-state index contributed by atoms with van der Waals surface area (Å²) in [5.74, 6) is -3.33. The van der Waals surface area contributed by atoms with Gasteiger partial charge in [-0.05, 0) is 23.0 Å². The Hall–Kier alpha value is 0.330. The molecular formula is C4H9ClNO3PS. The first-order valence-electron chi connectivity index (χ1n) is 2.80. The Kier molecular flexibility index (Phi) is 5.21. The molecule has 0 heterocycles. The lowest BCUT2D eigenvalue weighted by atomic mass is 10.5. The first-order valence-corrected chi connectivity index (χ1v) is 6.43. The van der Waals surface area contributed by atoms with E-state index in [9.17, 15) is 4.79 Å². The molecular weight excluding hydrogens is 209 g/mol. The molecule has 66 valence electrons. The van der Waals surface area contributed by atoms with E-state index >= 15 is 0 Å². The van der Waals surface area contributed by atoms with Crippen molar-refractivity contribution < 1.29 is 14.4 Å². The normalized spacial score (nSPS) is 15.8. The third-order valence-electron chi connectivity index (χ3n) is 0.874. The molecule has 0 radical (unpaired) electrons. The SMILES string of the molecule is COP(=S)(Cl)NCCC(=O)O. The van der Waals surface area contributed by atoms with Crippen LogP contribution >= 0.6 is 17.0 Å². The van der Waals surface area contributed by atoms with Crippen LogP contribution in [0.5, 0.6) is 0 Å². The highest BCUT2D eigenvalue weighted by Gasteiger charge is 2.10. The number of hydrogen-bond acceptors (Lipinski definition) is 3. The Balaban J connectivity index is 3.54. The molecule has 11 heavy (non-hydrogen) atoms. The molecule has 4 nitrogen and oxygen atoms in total. The number of nitrogens with one attached hydrogen (secondary N) is 1. The van der Waals surface area contributed by atoms with E-state index in [4.69, 9.17) is 32.7 Å². The lowest BCUT2D eigenvalue weighted by Gasteiger charge is -2.11. The number of carbonyl (C=O) groups is 1. The van der Waals surface area contributed by atoms with Crippen LogP contribution in [0.4, 0.5) is 0 Å². The maximum absolute atomic E-state index is 10.0. The average molecular weight is 218 g/mol.